The second-order valence-corrected chi connectivity index (χ2v) is 7.06. The molecule has 0 aliphatic heterocycles. The Morgan fingerprint density at radius 3 is 2.30 bits per heavy atom. The molecule has 1 amide bonds. The van der Waals surface area contributed by atoms with E-state index in [9.17, 15) is 4.79 Å². The quantitative estimate of drug-likeness (QED) is 0.453. The smallest absolute Gasteiger partial charge is 0.225 e. The first-order valence-electron chi connectivity index (χ1n) is 10.5. The predicted molar refractivity (Wildman–Crippen MR) is 129 cm³/mol. The molecule has 33 heavy (non-hydrogen) atoms. The summed E-state index contributed by atoms with van der Waals surface area (Å²) < 4.78 is 0. The summed E-state index contributed by atoms with van der Waals surface area (Å²) in [5.74, 6) is 6.66. The number of nitrogens with zero attached hydrogens (tertiary/aromatic N) is 4. The van der Waals surface area contributed by atoms with Crippen LogP contribution in [0, 0.1) is 11.8 Å². The number of carbonyl (C=O) groups is 1. The summed E-state index contributed by atoms with van der Waals surface area (Å²) in [5, 5.41) is 6.13. The summed E-state index contributed by atoms with van der Waals surface area (Å²) in [5.41, 5.74) is 5.29. The van der Waals surface area contributed by atoms with Crippen LogP contribution in [0.2, 0.25) is 0 Å². The van der Waals surface area contributed by atoms with Gasteiger partial charge in [0.05, 0.1) is 5.69 Å². The molecule has 3 aromatic heterocycles. The van der Waals surface area contributed by atoms with Gasteiger partial charge in [0.25, 0.3) is 0 Å². The zero-order valence-corrected chi connectivity index (χ0v) is 18.3. The van der Waals surface area contributed by atoms with Crippen LogP contribution in [0.1, 0.15) is 24.6 Å². The van der Waals surface area contributed by atoms with Gasteiger partial charge in [0.1, 0.15) is 12.0 Å². The van der Waals surface area contributed by atoms with Gasteiger partial charge in [-0.15, -0.1) is 0 Å². The molecule has 0 atom stereocenters. The Kier molecular flexibility index (Phi) is 6.67. The lowest BCUT2D eigenvalue weighted by Crippen LogP contribution is -2.14. The number of aromatic nitrogens is 4. The minimum absolute atomic E-state index is 0.141. The lowest BCUT2D eigenvalue weighted by atomic mass is 9.93. The van der Waals surface area contributed by atoms with Crippen LogP contribution in [-0.4, -0.2) is 32.9 Å². The first-order valence-corrected chi connectivity index (χ1v) is 10.5. The highest BCUT2D eigenvalue weighted by Gasteiger charge is 2.22. The van der Waals surface area contributed by atoms with Crippen molar-refractivity contribution in [1.82, 2.24) is 19.9 Å². The number of hydrogen-bond acceptors (Lipinski definition) is 6. The van der Waals surface area contributed by atoms with E-state index >= 15 is 0 Å². The minimum atomic E-state index is -0.141. The lowest BCUT2D eigenvalue weighted by Gasteiger charge is -2.20. The molecule has 1 aromatic carbocycles. The fraction of sp³-hybridized carbons (Fsp3) is 0.115. The molecule has 0 bridgehead atoms. The summed E-state index contributed by atoms with van der Waals surface area (Å²) in [6.07, 6.45) is 8.71. The summed E-state index contributed by atoms with van der Waals surface area (Å²) in [6, 6.07) is 13.5. The number of anilines is 2. The van der Waals surface area contributed by atoms with Crippen LogP contribution in [-0.2, 0) is 4.79 Å². The van der Waals surface area contributed by atoms with Gasteiger partial charge < -0.3 is 10.6 Å². The van der Waals surface area contributed by atoms with Crippen molar-refractivity contribution in [2.24, 2.45) is 0 Å². The molecule has 0 spiro atoms. The summed E-state index contributed by atoms with van der Waals surface area (Å²) in [7, 11) is 1.80. The van der Waals surface area contributed by atoms with Crippen molar-refractivity contribution in [2.75, 3.05) is 17.7 Å². The summed E-state index contributed by atoms with van der Waals surface area (Å²) in [4.78, 5) is 29.6. The third-order valence-electron chi connectivity index (χ3n) is 4.94. The molecule has 0 aliphatic rings. The highest BCUT2D eigenvalue weighted by Crippen LogP contribution is 2.42. The molecule has 0 fully saturated rings. The lowest BCUT2D eigenvalue weighted by molar-refractivity contribution is -0.115. The molecule has 3 heterocycles. The number of nitrogens with one attached hydrogen (secondary N) is 2. The monoisotopic (exact) mass is 434 g/mol. The molecule has 0 saturated carbocycles. The maximum atomic E-state index is 12.3. The van der Waals surface area contributed by atoms with Crippen molar-refractivity contribution in [3.05, 3.63) is 84.8 Å². The standard InChI is InChI=1S/C26H22N6O/c1-3-22(33)32-26-25(27-2)24(19-11-13-28-14-12-19)23(20-15-29-17-30-16-20)21(31-26)10-9-18-7-5-4-6-8-18/h4-8,11-17,27H,3H2,1-2H3,(H,31,32,33). The zero-order valence-electron chi connectivity index (χ0n) is 18.3. The molecule has 4 aromatic rings. The van der Waals surface area contributed by atoms with E-state index in [4.69, 9.17) is 4.98 Å². The Morgan fingerprint density at radius 2 is 1.64 bits per heavy atom. The average Bonchev–Trinajstić information content (AvgIpc) is 2.88. The Balaban J connectivity index is 2.06. The molecule has 0 aliphatic carbocycles. The number of benzene rings is 1. The van der Waals surface area contributed by atoms with E-state index < -0.39 is 0 Å². The number of hydrogen-bond donors (Lipinski definition) is 2. The molecule has 2 N–H and O–H groups in total. The Labute approximate surface area is 192 Å². The van der Waals surface area contributed by atoms with E-state index in [0.717, 1.165) is 27.8 Å². The van der Waals surface area contributed by atoms with Crippen molar-refractivity contribution in [2.45, 2.75) is 13.3 Å². The first-order chi connectivity index (χ1) is 16.2. The van der Waals surface area contributed by atoms with Gasteiger partial charge >= 0.3 is 0 Å². The third kappa shape index (κ3) is 4.86. The average molecular weight is 435 g/mol. The van der Waals surface area contributed by atoms with Crippen LogP contribution in [0.4, 0.5) is 11.5 Å². The van der Waals surface area contributed by atoms with Crippen LogP contribution in [0.5, 0.6) is 0 Å². The van der Waals surface area contributed by atoms with Crippen molar-refractivity contribution >= 4 is 17.4 Å². The molecule has 0 unspecified atom stereocenters. The summed E-state index contributed by atoms with van der Waals surface area (Å²) >= 11 is 0. The Bertz CT molecular complexity index is 1310. The number of pyridine rings is 2. The van der Waals surface area contributed by atoms with E-state index in [1.165, 1.54) is 6.33 Å². The van der Waals surface area contributed by atoms with Gasteiger partial charge in [0.15, 0.2) is 5.82 Å². The Hall–Kier alpha value is -4.57. The van der Waals surface area contributed by atoms with Crippen molar-refractivity contribution in [1.29, 1.82) is 0 Å². The van der Waals surface area contributed by atoms with Crippen LogP contribution in [0.3, 0.4) is 0 Å². The van der Waals surface area contributed by atoms with Gasteiger partial charge in [0.2, 0.25) is 5.91 Å². The molecule has 7 heteroatoms. The fourth-order valence-corrected chi connectivity index (χ4v) is 3.40. The number of rotatable bonds is 5. The van der Waals surface area contributed by atoms with Gasteiger partial charge in [-0.2, -0.15) is 0 Å². The normalized spacial score (nSPS) is 10.1. The van der Waals surface area contributed by atoms with Gasteiger partial charge in [-0.1, -0.05) is 31.0 Å². The second-order valence-electron chi connectivity index (χ2n) is 7.06. The topological polar surface area (TPSA) is 92.7 Å². The van der Waals surface area contributed by atoms with Crippen LogP contribution in [0.25, 0.3) is 22.3 Å². The van der Waals surface area contributed by atoms with Gasteiger partial charge in [-0.3, -0.25) is 9.78 Å². The van der Waals surface area contributed by atoms with Crippen molar-refractivity contribution in [3.63, 3.8) is 0 Å². The van der Waals surface area contributed by atoms with Crippen LogP contribution >= 0.6 is 0 Å². The molecule has 7 nitrogen and oxygen atoms in total. The highest BCUT2D eigenvalue weighted by atomic mass is 16.1. The molecular weight excluding hydrogens is 412 g/mol. The van der Waals surface area contributed by atoms with E-state index in [2.05, 4.69) is 37.4 Å². The van der Waals surface area contributed by atoms with Crippen LogP contribution < -0.4 is 10.6 Å². The van der Waals surface area contributed by atoms with Gasteiger partial charge in [-0.05, 0) is 35.7 Å². The second kappa shape index (κ2) is 10.2. The van der Waals surface area contributed by atoms with Crippen LogP contribution in [0.15, 0.2) is 73.6 Å². The maximum absolute atomic E-state index is 12.3. The van der Waals surface area contributed by atoms with E-state index in [-0.39, 0.29) is 5.91 Å². The zero-order chi connectivity index (χ0) is 23.0. The van der Waals surface area contributed by atoms with Crippen molar-refractivity contribution in [3.8, 4) is 34.1 Å². The molecule has 4 rings (SSSR count). The predicted octanol–water partition coefficient (Wildman–Crippen LogP) is 4.39. The minimum Gasteiger partial charge on any atom is -0.385 e. The first kappa shape index (κ1) is 21.7. The van der Waals surface area contributed by atoms with E-state index in [1.54, 1.807) is 38.8 Å². The van der Waals surface area contributed by atoms with Crippen molar-refractivity contribution < 1.29 is 4.79 Å². The van der Waals surface area contributed by atoms with Gasteiger partial charge in [-0.25, -0.2) is 15.0 Å². The molecule has 162 valence electrons. The molecule has 0 saturated heterocycles. The SMILES string of the molecule is CCC(=O)Nc1nc(C#Cc2ccccc2)c(-c2cncnc2)c(-c2ccncc2)c1NC. The molecule has 0 radical (unpaired) electrons. The summed E-state index contributed by atoms with van der Waals surface area (Å²) in [6.45, 7) is 1.80. The number of carbonyl (C=O) groups excluding carboxylic acids is 1. The largest absolute Gasteiger partial charge is 0.385 e. The van der Waals surface area contributed by atoms with E-state index in [1.807, 2.05) is 42.5 Å². The Morgan fingerprint density at radius 1 is 0.909 bits per heavy atom. The molecular formula is C26H22N6O. The maximum Gasteiger partial charge on any atom is 0.225 e. The fourth-order valence-electron chi connectivity index (χ4n) is 3.40. The van der Waals surface area contributed by atoms with Gasteiger partial charge in [0, 0.05) is 60.5 Å². The highest BCUT2D eigenvalue weighted by molar-refractivity contribution is 6.02. The van der Waals surface area contributed by atoms with E-state index in [0.29, 0.717) is 23.6 Å². The third-order valence-corrected chi connectivity index (χ3v) is 4.94. The number of amides is 1.